The smallest absolute Gasteiger partial charge is 0.335 e. The Kier molecular flexibility index (Phi) is 5.29. The van der Waals surface area contributed by atoms with Crippen LogP contribution in [0.25, 0.3) is 0 Å². The first-order chi connectivity index (χ1) is 9.32. The minimum absolute atomic E-state index is 0.178. The molecular weight excluding hydrogens is 254 g/mol. The van der Waals surface area contributed by atoms with Crippen molar-refractivity contribution in [2.45, 2.75) is 0 Å². The summed E-state index contributed by atoms with van der Waals surface area (Å²) in [5.41, 5.74) is 1.16. The summed E-state index contributed by atoms with van der Waals surface area (Å²) in [6.07, 6.45) is 0. The lowest BCUT2D eigenvalue weighted by Crippen LogP contribution is -2.34. The Morgan fingerprint density at radius 1 is 0.950 bits per heavy atom. The minimum atomic E-state index is -1.18. The summed E-state index contributed by atoms with van der Waals surface area (Å²) in [4.78, 5) is 10.2. The fraction of sp³-hybridized carbons (Fsp3) is 0.188. The standard InChI is InChI=1S/C9H14N.C7H6O3/c1-10(2,3)9-7-5-4-6-8-9;8-6-4-2-1-3-5(6)7(9)10/h4-8H,1-3H3;1-4,8H,(H,9,10)/q+1;/p-1. The molecule has 4 nitrogen and oxygen atoms in total. The largest absolute Gasteiger partial charge is 0.872 e. The van der Waals surface area contributed by atoms with Crippen molar-refractivity contribution in [1.29, 1.82) is 0 Å². The van der Waals surface area contributed by atoms with Crippen LogP contribution in [-0.4, -0.2) is 32.2 Å². The third kappa shape index (κ3) is 4.74. The van der Waals surface area contributed by atoms with Crippen LogP contribution < -0.4 is 9.59 Å². The van der Waals surface area contributed by atoms with Crippen molar-refractivity contribution in [3.63, 3.8) is 0 Å². The van der Waals surface area contributed by atoms with Gasteiger partial charge in [0.05, 0.1) is 26.7 Å². The Morgan fingerprint density at radius 2 is 1.45 bits per heavy atom. The molecule has 0 fully saturated rings. The number of hydrogen-bond donors (Lipinski definition) is 1. The van der Waals surface area contributed by atoms with E-state index >= 15 is 0 Å². The van der Waals surface area contributed by atoms with Gasteiger partial charge < -0.3 is 10.2 Å². The van der Waals surface area contributed by atoms with E-state index in [1.54, 1.807) is 0 Å². The van der Waals surface area contributed by atoms with Crippen molar-refractivity contribution in [1.82, 2.24) is 4.48 Å². The van der Waals surface area contributed by atoms with Gasteiger partial charge in [0.25, 0.3) is 0 Å². The summed E-state index contributed by atoms with van der Waals surface area (Å²) in [7, 11) is 6.49. The molecule has 106 valence electrons. The fourth-order valence-corrected chi connectivity index (χ4v) is 1.52. The molecule has 0 unspecified atom stereocenters. The van der Waals surface area contributed by atoms with E-state index in [1.165, 1.54) is 30.0 Å². The van der Waals surface area contributed by atoms with Crippen LogP contribution in [0.4, 0.5) is 5.69 Å². The number of carboxylic acids is 1. The Labute approximate surface area is 119 Å². The normalized spacial score (nSPS) is 10.3. The maximum atomic E-state index is 10.7. The zero-order valence-electron chi connectivity index (χ0n) is 11.9. The van der Waals surface area contributed by atoms with E-state index in [0.29, 0.717) is 0 Å². The summed E-state index contributed by atoms with van der Waals surface area (Å²) >= 11 is 0. The highest BCUT2D eigenvalue weighted by atomic mass is 16.4. The Balaban J connectivity index is 0.000000200. The zero-order valence-corrected chi connectivity index (χ0v) is 11.9. The molecule has 0 saturated heterocycles. The van der Waals surface area contributed by atoms with Gasteiger partial charge in [-0.25, -0.2) is 4.79 Å². The Bertz CT molecular complexity index is 559. The number of carbonyl (C=O) groups is 1. The molecule has 0 aromatic heterocycles. The molecule has 2 aromatic rings. The van der Waals surface area contributed by atoms with Crippen LogP contribution in [0.2, 0.25) is 0 Å². The van der Waals surface area contributed by atoms with E-state index in [4.69, 9.17) is 5.11 Å². The van der Waals surface area contributed by atoms with Crippen LogP contribution in [0.3, 0.4) is 0 Å². The van der Waals surface area contributed by atoms with Crippen LogP contribution in [0.5, 0.6) is 5.75 Å². The number of nitrogens with zero attached hydrogens (tertiary/aromatic N) is 1. The monoisotopic (exact) mass is 273 g/mol. The van der Waals surface area contributed by atoms with E-state index in [-0.39, 0.29) is 5.56 Å². The Morgan fingerprint density at radius 3 is 1.80 bits per heavy atom. The average Bonchev–Trinajstić information content (AvgIpc) is 2.40. The maximum Gasteiger partial charge on any atom is 0.335 e. The van der Waals surface area contributed by atoms with Gasteiger partial charge in [-0.1, -0.05) is 42.1 Å². The second-order valence-electron chi connectivity index (χ2n) is 5.15. The molecule has 0 spiro atoms. The molecule has 2 rings (SSSR count). The quantitative estimate of drug-likeness (QED) is 0.854. The molecule has 0 aliphatic rings. The molecule has 0 saturated carbocycles. The third-order valence-corrected chi connectivity index (χ3v) is 2.65. The number of aromatic carboxylic acids is 1. The Hall–Kier alpha value is -2.33. The van der Waals surface area contributed by atoms with E-state index < -0.39 is 11.7 Å². The van der Waals surface area contributed by atoms with Gasteiger partial charge in [0.2, 0.25) is 0 Å². The van der Waals surface area contributed by atoms with Crippen LogP contribution in [0.1, 0.15) is 10.4 Å². The van der Waals surface area contributed by atoms with Gasteiger partial charge in [-0.3, -0.25) is 4.48 Å². The number of para-hydroxylation sites is 2. The number of rotatable bonds is 2. The molecule has 0 aliphatic heterocycles. The summed E-state index contributed by atoms with van der Waals surface area (Å²) in [6, 6.07) is 16.0. The fourth-order valence-electron chi connectivity index (χ4n) is 1.52. The second kappa shape index (κ2) is 6.73. The highest BCUT2D eigenvalue weighted by Gasteiger charge is 2.08. The van der Waals surface area contributed by atoms with Crippen molar-refractivity contribution in [3.8, 4) is 5.75 Å². The van der Waals surface area contributed by atoms with Gasteiger partial charge in [-0.05, 0) is 18.2 Å². The molecule has 0 atom stereocenters. The number of benzene rings is 2. The number of carboxylic acid groups (broad SMARTS) is 1. The molecule has 0 bridgehead atoms. The van der Waals surface area contributed by atoms with Gasteiger partial charge in [0.15, 0.2) is 0 Å². The number of hydrogen-bond acceptors (Lipinski definition) is 2. The lowest BCUT2D eigenvalue weighted by Gasteiger charge is -2.22. The van der Waals surface area contributed by atoms with Crippen molar-refractivity contribution in [2.75, 3.05) is 21.1 Å². The van der Waals surface area contributed by atoms with Crippen molar-refractivity contribution < 1.29 is 15.0 Å². The van der Waals surface area contributed by atoms with Crippen molar-refractivity contribution in [3.05, 3.63) is 60.2 Å². The highest BCUT2D eigenvalue weighted by molar-refractivity contribution is 5.90. The van der Waals surface area contributed by atoms with Gasteiger partial charge in [-0.15, -0.1) is 0 Å². The van der Waals surface area contributed by atoms with Gasteiger partial charge >= 0.3 is 5.97 Å². The van der Waals surface area contributed by atoms with Crippen LogP contribution >= 0.6 is 0 Å². The van der Waals surface area contributed by atoms with Gasteiger partial charge in [0.1, 0.15) is 5.69 Å². The number of quaternary nitrogens is 1. The molecular formula is C16H19NO3. The van der Waals surface area contributed by atoms with Crippen LogP contribution in [-0.2, 0) is 0 Å². The molecule has 2 aromatic carbocycles. The van der Waals surface area contributed by atoms with Crippen LogP contribution in [0.15, 0.2) is 54.6 Å². The molecule has 0 radical (unpaired) electrons. The first kappa shape index (κ1) is 15.7. The lowest BCUT2D eigenvalue weighted by atomic mass is 10.2. The summed E-state index contributed by atoms with van der Waals surface area (Å²) in [5, 5.41) is 19.0. The maximum absolute atomic E-state index is 10.7. The lowest BCUT2D eigenvalue weighted by molar-refractivity contribution is -0.268. The van der Waals surface area contributed by atoms with Crippen molar-refractivity contribution >= 4 is 11.7 Å². The molecule has 0 aliphatic carbocycles. The predicted octanol–water partition coefficient (Wildman–Crippen LogP) is 2.34. The zero-order chi connectivity index (χ0) is 15.2. The predicted molar refractivity (Wildman–Crippen MR) is 78.9 cm³/mol. The molecule has 20 heavy (non-hydrogen) atoms. The van der Waals surface area contributed by atoms with Gasteiger partial charge in [-0.2, -0.15) is 0 Å². The van der Waals surface area contributed by atoms with Crippen molar-refractivity contribution in [2.24, 2.45) is 0 Å². The third-order valence-electron chi connectivity index (χ3n) is 2.65. The first-order valence-electron chi connectivity index (χ1n) is 6.19. The SMILES string of the molecule is C[N+](C)(C)c1ccccc1.O=C(O)c1ccccc1[O-]. The molecule has 4 heteroatoms. The van der Waals surface area contributed by atoms with E-state index in [1.807, 2.05) is 6.07 Å². The summed E-state index contributed by atoms with van der Waals surface area (Å²) in [5.74, 6) is -1.62. The molecule has 1 N–H and O–H groups in total. The van der Waals surface area contributed by atoms with E-state index in [0.717, 1.165) is 4.48 Å². The first-order valence-corrected chi connectivity index (χ1v) is 6.19. The summed E-state index contributed by atoms with van der Waals surface area (Å²) < 4.78 is 0.890. The minimum Gasteiger partial charge on any atom is -0.872 e. The van der Waals surface area contributed by atoms with Crippen LogP contribution in [0, 0.1) is 0 Å². The topological polar surface area (TPSA) is 60.4 Å². The molecule has 0 amide bonds. The summed E-state index contributed by atoms with van der Waals surface area (Å²) in [6.45, 7) is 0. The van der Waals surface area contributed by atoms with Gasteiger partial charge in [0, 0.05) is 0 Å². The van der Waals surface area contributed by atoms with E-state index in [2.05, 4.69) is 45.4 Å². The highest BCUT2D eigenvalue weighted by Crippen LogP contribution is 2.14. The second-order valence-corrected chi connectivity index (χ2v) is 5.15. The van der Waals surface area contributed by atoms with E-state index in [9.17, 15) is 9.90 Å². The molecule has 0 heterocycles. The average molecular weight is 273 g/mol.